The van der Waals surface area contributed by atoms with Crippen LogP contribution in [0.5, 0.6) is 0 Å². The highest BCUT2D eigenvalue weighted by Gasteiger charge is 2.55. The van der Waals surface area contributed by atoms with Crippen molar-refractivity contribution >= 4 is 29.1 Å². The molecule has 2 atom stereocenters. The molecule has 2 saturated carbocycles. The zero-order valence-electron chi connectivity index (χ0n) is 21.9. The van der Waals surface area contributed by atoms with Crippen molar-refractivity contribution in [3.05, 3.63) is 35.9 Å². The summed E-state index contributed by atoms with van der Waals surface area (Å²) in [6.07, 6.45) is 6.30. The molecule has 4 heterocycles. The Balaban J connectivity index is 1.26. The highest BCUT2D eigenvalue weighted by molar-refractivity contribution is 6.08. The van der Waals surface area contributed by atoms with Crippen LogP contribution in [0.4, 0.5) is 33.9 Å². The number of amides is 3. The van der Waals surface area contributed by atoms with Crippen molar-refractivity contribution in [1.29, 1.82) is 0 Å². The molecule has 214 valence electrons. The minimum Gasteiger partial charge on any atom is -0.327 e. The number of nitrogens with one attached hydrogen (secondary N) is 2. The lowest BCUT2D eigenvalue weighted by atomic mass is 9.85. The third-order valence-electron chi connectivity index (χ3n) is 8.51. The van der Waals surface area contributed by atoms with Gasteiger partial charge in [0.1, 0.15) is 17.4 Å². The maximum atomic E-state index is 14.5. The lowest BCUT2D eigenvalue weighted by Gasteiger charge is -2.34. The van der Waals surface area contributed by atoms with Gasteiger partial charge < -0.3 is 10.6 Å². The van der Waals surface area contributed by atoms with Gasteiger partial charge in [-0.3, -0.25) is 14.4 Å². The van der Waals surface area contributed by atoms with E-state index in [9.17, 15) is 27.2 Å². The molecule has 0 radical (unpaired) electrons. The first-order valence-electron chi connectivity index (χ1n) is 13.7. The van der Waals surface area contributed by atoms with Gasteiger partial charge in [0.2, 0.25) is 0 Å². The molecule has 2 N–H and O–H groups in total. The van der Waals surface area contributed by atoms with E-state index in [0.717, 1.165) is 32.1 Å². The number of alkyl halides is 4. The predicted molar refractivity (Wildman–Crippen MR) is 137 cm³/mol. The van der Waals surface area contributed by atoms with Crippen LogP contribution in [-0.4, -0.2) is 54.3 Å². The average molecular weight is 563 g/mol. The Bertz CT molecular complexity index is 1430. The second-order valence-electron chi connectivity index (χ2n) is 10.9. The summed E-state index contributed by atoms with van der Waals surface area (Å²) < 4.78 is 59.5. The van der Waals surface area contributed by atoms with Crippen LogP contribution in [-0.2, 0) is 0 Å². The summed E-state index contributed by atoms with van der Waals surface area (Å²) in [6, 6.07) is -1.38. The van der Waals surface area contributed by atoms with Crippen LogP contribution in [0.3, 0.4) is 0 Å². The number of hydrogen-bond donors (Lipinski definition) is 2. The van der Waals surface area contributed by atoms with Crippen LogP contribution in [0.2, 0.25) is 0 Å². The molecular formula is C26H30F4N8O2. The van der Waals surface area contributed by atoms with Crippen LogP contribution in [0.1, 0.15) is 86.8 Å². The molecule has 10 nitrogen and oxygen atoms in total. The second kappa shape index (κ2) is 10.0. The quantitative estimate of drug-likeness (QED) is 0.394. The van der Waals surface area contributed by atoms with E-state index in [1.54, 1.807) is 0 Å². The van der Waals surface area contributed by atoms with Crippen molar-refractivity contribution in [3.8, 4) is 0 Å². The van der Waals surface area contributed by atoms with Crippen LogP contribution in [0.15, 0.2) is 24.7 Å². The van der Waals surface area contributed by atoms with Crippen molar-refractivity contribution in [1.82, 2.24) is 29.7 Å². The van der Waals surface area contributed by atoms with Crippen LogP contribution in [0, 0.1) is 5.92 Å². The van der Waals surface area contributed by atoms with Gasteiger partial charge in [-0.1, -0.05) is 13.3 Å². The maximum Gasteiger partial charge on any atom is 0.323 e. The first-order chi connectivity index (χ1) is 19.2. The van der Waals surface area contributed by atoms with Crippen LogP contribution in [0.25, 0.3) is 5.65 Å². The Hall–Kier alpha value is -3.71. The Morgan fingerprint density at radius 2 is 2.00 bits per heavy atom. The van der Waals surface area contributed by atoms with Gasteiger partial charge in [0, 0.05) is 18.8 Å². The Morgan fingerprint density at radius 3 is 2.73 bits per heavy atom. The second-order valence-corrected chi connectivity index (χ2v) is 10.9. The van der Waals surface area contributed by atoms with Gasteiger partial charge in [-0.15, -0.1) is 0 Å². The Morgan fingerprint density at radius 1 is 1.23 bits per heavy atom. The molecule has 6 rings (SSSR count). The van der Waals surface area contributed by atoms with E-state index in [1.165, 1.54) is 38.8 Å². The molecular weight excluding hydrogens is 532 g/mol. The zero-order valence-corrected chi connectivity index (χ0v) is 21.9. The molecule has 3 fully saturated rings. The number of aromatic nitrogens is 5. The number of carbonyl (C=O) groups excluding carboxylic acids is 2. The van der Waals surface area contributed by atoms with E-state index in [0.29, 0.717) is 12.3 Å². The van der Waals surface area contributed by atoms with Gasteiger partial charge in [0.15, 0.2) is 11.3 Å². The standard InChI is InChI=1S/C26H30F4N8O2/c1-2-14-5-7-15(8-6-14)37-13-17(20(35-37)22(27)28)32-24(39)16-12-31-36-11-9-19(33-23(16)36)38-18-4-3-10-26(29,30)21(18)34-25(38)40/h9,11-15,18,21-22H,2-8,10H2,1H3,(H,32,39)(H,34,40)/t14?,15?,18-,21-/m1/s1. The van der Waals surface area contributed by atoms with Gasteiger partial charge in [0.05, 0.1) is 24.0 Å². The molecule has 0 spiro atoms. The molecule has 0 unspecified atom stereocenters. The van der Waals surface area contributed by atoms with Gasteiger partial charge in [-0.25, -0.2) is 31.9 Å². The molecule has 40 heavy (non-hydrogen) atoms. The zero-order chi connectivity index (χ0) is 28.2. The number of halogens is 4. The molecule has 3 aromatic heterocycles. The number of urea groups is 1. The first-order valence-corrected chi connectivity index (χ1v) is 13.7. The summed E-state index contributed by atoms with van der Waals surface area (Å²) in [7, 11) is 0. The third kappa shape index (κ3) is 4.56. The maximum absolute atomic E-state index is 14.5. The Kier molecular flexibility index (Phi) is 6.65. The van der Waals surface area contributed by atoms with E-state index in [2.05, 4.69) is 32.7 Å². The van der Waals surface area contributed by atoms with E-state index in [4.69, 9.17) is 0 Å². The molecule has 1 saturated heterocycles. The minimum atomic E-state index is -3.04. The fraction of sp³-hybridized carbons (Fsp3) is 0.577. The molecule has 3 aliphatic rings. The highest BCUT2D eigenvalue weighted by Crippen LogP contribution is 2.40. The summed E-state index contributed by atoms with van der Waals surface area (Å²) in [5.74, 6) is -3.06. The average Bonchev–Trinajstić information content (AvgIpc) is 3.63. The molecule has 14 heteroatoms. The lowest BCUT2D eigenvalue weighted by Crippen LogP contribution is -2.51. The molecule has 0 aromatic carbocycles. The van der Waals surface area contributed by atoms with E-state index < -0.39 is 42.1 Å². The predicted octanol–water partition coefficient (Wildman–Crippen LogP) is 5.34. The highest BCUT2D eigenvalue weighted by atomic mass is 19.3. The van der Waals surface area contributed by atoms with E-state index in [1.807, 2.05) is 0 Å². The van der Waals surface area contributed by atoms with E-state index >= 15 is 0 Å². The number of nitrogens with zero attached hydrogens (tertiary/aromatic N) is 6. The smallest absolute Gasteiger partial charge is 0.323 e. The largest absolute Gasteiger partial charge is 0.327 e. The molecule has 3 amide bonds. The third-order valence-corrected chi connectivity index (χ3v) is 8.51. The number of rotatable bonds is 6. The summed E-state index contributed by atoms with van der Waals surface area (Å²) in [6.45, 7) is 2.14. The summed E-state index contributed by atoms with van der Waals surface area (Å²) in [5.41, 5.74) is -0.588. The molecule has 3 aromatic rings. The van der Waals surface area contributed by atoms with E-state index in [-0.39, 0.29) is 41.6 Å². The number of hydrogen-bond acceptors (Lipinski definition) is 5. The first kappa shape index (κ1) is 26.5. The lowest BCUT2D eigenvalue weighted by molar-refractivity contribution is -0.0595. The van der Waals surface area contributed by atoms with Crippen molar-refractivity contribution in [2.45, 2.75) is 88.8 Å². The number of anilines is 2. The van der Waals surface area contributed by atoms with Crippen molar-refractivity contribution in [2.75, 3.05) is 10.2 Å². The van der Waals surface area contributed by atoms with Crippen molar-refractivity contribution in [2.24, 2.45) is 5.92 Å². The summed E-state index contributed by atoms with van der Waals surface area (Å²) >= 11 is 0. The SMILES string of the molecule is CCC1CCC(n2cc(NC(=O)c3cnn4ccc(N5C(=O)N[C@@H]6[C@H]5CCCC6(F)F)nc34)c(C(F)F)n2)CC1. The summed E-state index contributed by atoms with van der Waals surface area (Å²) in [5, 5.41) is 13.1. The fourth-order valence-electron chi connectivity index (χ4n) is 6.27. The number of carbonyl (C=O) groups is 2. The van der Waals surface area contributed by atoms with Gasteiger partial charge >= 0.3 is 6.03 Å². The molecule has 2 aliphatic carbocycles. The normalized spacial score (nSPS) is 26.2. The minimum absolute atomic E-state index is 0.0187. The molecule has 0 bridgehead atoms. The van der Waals surface area contributed by atoms with Crippen LogP contribution < -0.4 is 15.5 Å². The fourth-order valence-corrected chi connectivity index (χ4v) is 6.27. The van der Waals surface area contributed by atoms with Crippen molar-refractivity contribution in [3.63, 3.8) is 0 Å². The van der Waals surface area contributed by atoms with Crippen molar-refractivity contribution < 1.29 is 27.2 Å². The molecule has 1 aliphatic heterocycles. The van der Waals surface area contributed by atoms with Crippen LogP contribution >= 0.6 is 0 Å². The van der Waals surface area contributed by atoms with Gasteiger partial charge in [-0.05, 0) is 50.5 Å². The summed E-state index contributed by atoms with van der Waals surface area (Å²) in [4.78, 5) is 31.6. The van der Waals surface area contributed by atoms with Gasteiger partial charge in [0.25, 0.3) is 18.3 Å². The Labute approximate surface area is 227 Å². The monoisotopic (exact) mass is 562 g/mol. The number of fused-ring (bicyclic) bond motifs is 2. The van der Waals surface area contributed by atoms with Gasteiger partial charge in [-0.2, -0.15) is 10.2 Å². The topological polar surface area (TPSA) is 109 Å².